The van der Waals surface area contributed by atoms with Crippen LogP contribution in [0.15, 0.2) is 29.0 Å². The number of fused-ring (bicyclic) bond motifs is 4. The lowest BCUT2D eigenvalue weighted by Gasteiger charge is -2.36. The van der Waals surface area contributed by atoms with E-state index in [4.69, 9.17) is 4.52 Å². The van der Waals surface area contributed by atoms with E-state index in [1.54, 1.807) is 24.5 Å². The Labute approximate surface area is 164 Å². The molecular weight excluding hydrogens is 356 g/mol. The van der Waals surface area contributed by atoms with E-state index >= 15 is 0 Å². The second-order valence-electron chi connectivity index (χ2n) is 7.90. The number of pyridine rings is 1. The van der Waals surface area contributed by atoms with E-state index in [-0.39, 0.29) is 17.9 Å². The predicted octanol–water partition coefficient (Wildman–Crippen LogP) is 2.38. The molecule has 0 aromatic carbocycles. The highest BCUT2D eigenvalue weighted by Crippen LogP contribution is 2.29. The molecule has 3 aliphatic rings. The van der Waals surface area contributed by atoms with Crippen LogP contribution in [-0.2, 0) is 11.2 Å². The molecule has 28 heavy (non-hydrogen) atoms. The zero-order chi connectivity index (χ0) is 19.7. The van der Waals surface area contributed by atoms with Crippen LogP contribution in [0.5, 0.6) is 0 Å². The average Bonchev–Trinajstić information content (AvgIpc) is 2.90. The normalized spacial score (nSPS) is 21.6. The van der Waals surface area contributed by atoms with Crippen molar-refractivity contribution in [2.75, 3.05) is 19.6 Å². The molecule has 7 nitrogen and oxygen atoms in total. The lowest BCUT2D eigenvalue weighted by Crippen LogP contribution is -2.47. The lowest BCUT2D eigenvalue weighted by atomic mass is 9.94. The van der Waals surface area contributed by atoms with Gasteiger partial charge in [0.15, 0.2) is 0 Å². The average molecular weight is 382 g/mol. The maximum atomic E-state index is 13.0. The quantitative estimate of drug-likeness (QED) is 0.811. The van der Waals surface area contributed by atoms with Crippen molar-refractivity contribution in [3.05, 3.63) is 47.1 Å². The Bertz CT molecular complexity index is 844. The minimum absolute atomic E-state index is 0.00928. The fourth-order valence-corrected chi connectivity index (χ4v) is 4.46. The van der Waals surface area contributed by atoms with Crippen molar-refractivity contribution < 1.29 is 14.1 Å². The number of amides is 2. The fourth-order valence-electron chi connectivity index (χ4n) is 4.46. The summed E-state index contributed by atoms with van der Waals surface area (Å²) in [5, 5.41) is 3.97. The second kappa shape index (κ2) is 7.73. The first kappa shape index (κ1) is 18.7. The van der Waals surface area contributed by atoms with Crippen LogP contribution in [0.3, 0.4) is 0 Å². The summed E-state index contributed by atoms with van der Waals surface area (Å²) in [5.74, 6) is 1.29. The van der Waals surface area contributed by atoms with Crippen molar-refractivity contribution >= 4 is 11.8 Å². The maximum absolute atomic E-state index is 13.0. The second-order valence-corrected chi connectivity index (χ2v) is 7.90. The molecule has 2 amide bonds. The van der Waals surface area contributed by atoms with Gasteiger partial charge in [-0.25, -0.2) is 0 Å². The molecule has 0 spiro atoms. The van der Waals surface area contributed by atoms with Crippen LogP contribution in [0.2, 0.25) is 0 Å². The first-order valence-corrected chi connectivity index (χ1v) is 9.93. The summed E-state index contributed by atoms with van der Waals surface area (Å²) in [6.45, 7) is 5.84. The number of piperidine rings is 1. The molecule has 0 N–H and O–H groups in total. The zero-order valence-corrected chi connectivity index (χ0v) is 16.4. The number of hydrogen-bond donors (Lipinski definition) is 0. The Morgan fingerprint density at radius 3 is 2.79 bits per heavy atom. The minimum Gasteiger partial charge on any atom is -0.361 e. The SMILES string of the molecule is Cc1noc(C)c1CCC(=O)N1C[C@H]2CC[C@@H]1CN(C(=O)c1cccnc1)C2. The van der Waals surface area contributed by atoms with E-state index < -0.39 is 0 Å². The molecule has 0 saturated carbocycles. The van der Waals surface area contributed by atoms with Crippen LogP contribution in [0.1, 0.15) is 46.6 Å². The monoisotopic (exact) mass is 382 g/mol. The zero-order valence-electron chi connectivity index (χ0n) is 16.4. The molecule has 7 heteroatoms. The molecular formula is C21H26N4O3. The maximum Gasteiger partial charge on any atom is 0.255 e. The van der Waals surface area contributed by atoms with Gasteiger partial charge in [-0.3, -0.25) is 14.6 Å². The Morgan fingerprint density at radius 1 is 1.21 bits per heavy atom. The number of rotatable bonds is 4. The summed E-state index contributed by atoms with van der Waals surface area (Å²) in [5.41, 5.74) is 2.50. The molecule has 2 atom stereocenters. The van der Waals surface area contributed by atoms with Gasteiger partial charge in [0.05, 0.1) is 11.3 Å². The van der Waals surface area contributed by atoms with E-state index in [1.807, 2.05) is 23.6 Å². The Kier molecular flexibility index (Phi) is 5.15. The standard InChI is InChI=1S/C21H26N4O3/c1-14-19(15(2)28-23-14)7-8-20(26)25-12-16-5-6-18(25)13-24(11-16)21(27)17-4-3-9-22-10-17/h3-4,9-10,16,18H,5-8,11-13H2,1-2H3/t16-,18+/m0/s1. The Morgan fingerprint density at radius 2 is 2.07 bits per heavy atom. The summed E-state index contributed by atoms with van der Waals surface area (Å²) in [6, 6.07) is 3.68. The summed E-state index contributed by atoms with van der Waals surface area (Å²) in [4.78, 5) is 33.8. The van der Waals surface area contributed by atoms with Gasteiger partial charge in [0.2, 0.25) is 5.91 Å². The summed E-state index contributed by atoms with van der Waals surface area (Å²) >= 11 is 0. The van der Waals surface area contributed by atoms with Crippen LogP contribution in [0.4, 0.5) is 0 Å². The van der Waals surface area contributed by atoms with Crippen molar-refractivity contribution in [3.63, 3.8) is 0 Å². The number of aryl methyl sites for hydroxylation is 2. The van der Waals surface area contributed by atoms with Gasteiger partial charge in [-0.2, -0.15) is 0 Å². The molecule has 2 aromatic rings. The van der Waals surface area contributed by atoms with Gasteiger partial charge in [0.25, 0.3) is 5.91 Å². The van der Waals surface area contributed by atoms with E-state index in [2.05, 4.69) is 10.1 Å². The van der Waals surface area contributed by atoms with E-state index in [0.717, 1.165) is 36.4 Å². The third-order valence-corrected chi connectivity index (χ3v) is 6.00. The van der Waals surface area contributed by atoms with Crippen LogP contribution in [0, 0.1) is 19.8 Å². The predicted molar refractivity (Wildman–Crippen MR) is 103 cm³/mol. The van der Waals surface area contributed by atoms with E-state index in [0.29, 0.717) is 37.4 Å². The van der Waals surface area contributed by atoms with Gasteiger partial charge in [-0.15, -0.1) is 0 Å². The van der Waals surface area contributed by atoms with Gasteiger partial charge in [-0.1, -0.05) is 5.16 Å². The first-order chi connectivity index (χ1) is 13.5. The number of carbonyl (C=O) groups excluding carboxylic acids is 2. The molecule has 2 aromatic heterocycles. The molecule has 3 aliphatic heterocycles. The van der Waals surface area contributed by atoms with Gasteiger partial charge in [0.1, 0.15) is 5.76 Å². The minimum atomic E-state index is 0.00928. The van der Waals surface area contributed by atoms with Crippen LogP contribution in [-0.4, -0.2) is 57.4 Å². The number of nitrogens with zero attached hydrogens (tertiary/aromatic N) is 4. The molecule has 3 fully saturated rings. The summed E-state index contributed by atoms with van der Waals surface area (Å²) in [6.07, 6.45) is 6.40. The van der Waals surface area contributed by atoms with Gasteiger partial charge in [0, 0.05) is 50.1 Å². The number of carbonyl (C=O) groups is 2. The van der Waals surface area contributed by atoms with Gasteiger partial charge < -0.3 is 14.3 Å². The van der Waals surface area contributed by atoms with E-state index in [1.165, 1.54) is 0 Å². The topological polar surface area (TPSA) is 79.5 Å². The first-order valence-electron chi connectivity index (χ1n) is 9.93. The van der Waals surface area contributed by atoms with Crippen molar-refractivity contribution in [2.45, 2.75) is 45.6 Å². The van der Waals surface area contributed by atoms with Crippen LogP contribution >= 0.6 is 0 Å². The van der Waals surface area contributed by atoms with Crippen LogP contribution < -0.4 is 0 Å². The van der Waals surface area contributed by atoms with Crippen molar-refractivity contribution in [1.82, 2.24) is 19.9 Å². The van der Waals surface area contributed by atoms with Gasteiger partial charge >= 0.3 is 0 Å². The third kappa shape index (κ3) is 3.66. The lowest BCUT2D eigenvalue weighted by molar-refractivity contribution is -0.135. The highest BCUT2D eigenvalue weighted by atomic mass is 16.5. The highest BCUT2D eigenvalue weighted by Gasteiger charge is 2.38. The van der Waals surface area contributed by atoms with Crippen LogP contribution in [0.25, 0.3) is 0 Å². The van der Waals surface area contributed by atoms with Crippen molar-refractivity contribution in [3.8, 4) is 0 Å². The highest BCUT2D eigenvalue weighted by molar-refractivity contribution is 5.94. The number of aromatic nitrogens is 2. The Balaban J connectivity index is 1.43. The van der Waals surface area contributed by atoms with E-state index in [9.17, 15) is 9.59 Å². The molecule has 5 rings (SSSR count). The third-order valence-electron chi connectivity index (χ3n) is 6.00. The molecule has 0 radical (unpaired) electrons. The Hall–Kier alpha value is -2.70. The largest absolute Gasteiger partial charge is 0.361 e. The molecule has 2 bridgehead atoms. The van der Waals surface area contributed by atoms with Crippen molar-refractivity contribution in [2.24, 2.45) is 5.92 Å². The van der Waals surface area contributed by atoms with Gasteiger partial charge in [-0.05, 0) is 51.2 Å². The number of hydrogen-bond acceptors (Lipinski definition) is 5. The van der Waals surface area contributed by atoms with Crippen molar-refractivity contribution in [1.29, 1.82) is 0 Å². The molecule has 148 valence electrons. The fraction of sp³-hybridized carbons (Fsp3) is 0.524. The molecule has 0 aliphatic carbocycles. The summed E-state index contributed by atoms with van der Waals surface area (Å²) < 4.78 is 5.20. The molecule has 5 heterocycles. The smallest absolute Gasteiger partial charge is 0.255 e. The molecule has 3 saturated heterocycles. The molecule has 0 unspecified atom stereocenters. The summed E-state index contributed by atoms with van der Waals surface area (Å²) in [7, 11) is 0.